The van der Waals surface area contributed by atoms with Gasteiger partial charge in [-0.1, -0.05) is 78.9 Å². The van der Waals surface area contributed by atoms with Crippen LogP contribution in [0.1, 0.15) is 5.69 Å². The number of rotatable bonds is 3. The Bertz CT molecular complexity index is 1620. The van der Waals surface area contributed by atoms with Crippen molar-refractivity contribution in [3.05, 3.63) is 115 Å². The molecule has 6 rings (SSSR count). The van der Waals surface area contributed by atoms with Crippen LogP contribution >= 0.6 is 0 Å². The molecule has 0 fully saturated rings. The Balaban J connectivity index is 1.65. The van der Waals surface area contributed by atoms with Gasteiger partial charge in [-0.2, -0.15) is 5.26 Å². The van der Waals surface area contributed by atoms with Crippen molar-refractivity contribution in [2.75, 3.05) is 0 Å². The molecule has 0 aliphatic carbocycles. The summed E-state index contributed by atoms with van der Waals surface area (Å²) in [4.78, 5) is 9.47. The lowest BCUT2D eigenvalue weighted by atomic mass is 10.1. The van der Waals surface area contributed by atoms with Crippen molar-refractivity contribution < 1.29 is 0 Å². The smallest absolute Gasteiger partial charge is 0.163 e. The Labute approximate surface area is 191 Å². The van der Waals surface area contributed by atoms with E-state index in [0.29, 0.717) is 11.5 Å². The predicted octanol–water partition coefficient (Wildman–Crippen LogP) is 6.78. The van der Waals surface area contributed by atoms with E-state index in [1.165, 1.54) is 10.8 Å². The zero-order valence-corrected chi connectivity index (χ0v) is 17.7. The third-order valence-electron chi connectivity index (χ3n) is 5.88. The summed E-state index contributed by atoms with van der Waals surface area (Å²) in [7, 11) is 0. The first kappa shape index (κ1) is 19.0. The van der Waals surface area contributed by atoms with Crippen LogP contribution in [-0.2, 0) is 0 Å². The van der Waals surface area contributed by atoms with E-state index in [2.05, 4.69) is 70.2 Å². The highest BCUT2D eigenvalue weighted by Crippen LogP contribution is 2.35. The number of para-hydroxylation sites is 3. The monoisotopic (exact) mass is 422 g/mol. The van der Waals surface area contributed by atoms with E-state index >= 15 is 0 Å². The predicted molar refractivity (Wildman–Crippen MR) is 132 cm³/mol. The van der Waals surface area contributed by atoms with Crippen molar-refractivity contribution in [3.63, 3.8) is 0 Å². The number of hydrogen-bond donors (Lipinski definition) is 0. The first-order valence-electron chi connectivity index (χ1n) is 10.8. The number of aromatic nitrogens is 3. The van der Waals surface area contributed by atoms with Crippen molar-refractivity contribution >= 4 is 21.8 Å². The second kappa shape index (κ2) is 7.74. The maximum absolute atomic E-state index is 9.67. The molecule has 4 nitrogen and oxygen atoms in total. The third-order valence-corrected chi connectivity index (χ3v) is 5.88. The van der Waals surface area contributed by atoms with E-state index in [1.54, 1.807) is 6.07 Å². The number of hydrogen-bond acceptors (Lipinski definition) is 3. The minimum absolute atomic E-state index is 0.343. The van der Waals surface area contributed by atoms with Crippen LogP contribution in [-0.4, -0.2) is 14.5 Å². The Morgan fingerprint density at radius 2 is 1.24 bits per heavy atom. The standard InChI is InChI=1S/C29H18N4/c30-19-21-18-25(20-10-2-1-3-11-20)32-29(31-21)24-14-6-9-17-28(24)33-26-15-7-4-12-22(26)23-13-5-8-16-27(23)33/h1-18H. The second-order valence-electron chi connectivity index (χ2n) is 7.83. The van der Waals surface area contributed by atoms with Gasteiger partial charge in [0.05, 0.1) is 22.4 Å². The molecule has 6 aromatic rings. The Morgan fingerprint density at radius 1 is 0.636 bits per heavy atom. The molecule has 0 spiro atoms. The SMILES string of the molecule is N#Cc1cc(-c2ccccc2)nc(-c2ccccc2-n2c3ccccc3c3ccccc32)n1. The van der Waals surface area contributed by atoms with E-state index in [-0.39, 0.29) is 0 Å². The van der Waals surface area contributed by atoms with Gasteiger partial charge in [-0.05, 0) is 24.3 Å². The normalized spacial score (nSPS) is 11.0. The van der Waals surface area contributed by atoms with Gasteiger partial charge in [0.15, 0.2) is 5.82 Å². The molecule has 0 aliphatic heterocycles. The van der Waals surface area contributed by atoms with Crippen LogP contribution in [0.5, 0.6) is 0 Å². The van der Waals surface area contributed by atoms with Crippen LogP contribution < -0.4 is 0 Å². The molecule has 2 heterocycles. The van der Waals surface area contributed by atoms with Gasteiger partial charge in [0.1, 0.15) is 11.8 Å². The molecule has 4 heteroatoms. The Kier molecular flexibility index (Phi) is 4.45. The highest BCUT2D eigenvalue weighted by Gasteiger charge is 2.17. The summed E-state index contributed by atoms with van der Waals surface area (Å²) < 4.78 is 2.25. The molecular formula is C29H18N4. The lowest BCUT2D eigenvalue weighted by Gasteiger charge is -2.14. The summed E-state index contributed by atoms with van der Waals surface area (Å²) in [5, 5.41) is 12.1. The average molecular weight is 422 g/mol. The summed E-state index contributed by atoms with van der Waals surface area (Å²) >= 11 is 0. The summed E-state index contributed by atoms with van der Waals surface area (Å²) in [6, 6.07) is 38.7. The zero-order chi connectivity index (χ0) is 22.2. The van der Waals surface area contributed by atoms with Gasteiger partial charge in [0, 0.05) is 28.0 Å². The molecular weight excluding hydrogens is 404 g/mol. The van der Waals surface area contributed by atoms with Gasteiger partial charge >= 0.3 is 0 Å². The zero-order valence-electron chi connectivity index (χ0n) is 17.7. The summed E-state index contributed by atoms with van der Waals surface area (Å²) in [5.74, 6) is 0.533. The molecule has 0 atom stereocenters. The lowest BCUT2D eigenvalue weighted by Crippen LogP contribution is -2.01. The molecule has 0 radical (unpaired) electrons. The van der Waals surface area contributed by atoms with Crippen molar-refractivity contribution in [1.29, 1.82) is 5.26 Å². The molecule has 0 N–H and O–H groups in total. The number of benzene rings is 4. The van der Waals surface area contributed by atoms with Crippen molar-refractivity contribution in [1.82, 2.24) is 14.5 Å². The maximum Gasteiger partial charge on any atom is 0.163 e. The summed E-state index contributed by atoms with van der Waals surface area (Å²) in [5.41, 5.74) is 6.11. The topological polar surface area (TPSA) is 54.5 Å². The maximum atomic E-state index is 9.67. The fraction of sp³-hybridized carbons (Fsp3) is 0. The van der Waals surface area contributed by atoms with E-state index in [0.717, 1.165) is 33.5 Å². The molecule has 0 saturated heterocycles. The molecule has 0 unspecified atom stereocenters. The molecule has 2 aromatic heterocycles. The minimum atomic E-state index is 0.343. The quantitative estimate of drug-likeness (QED) is 0.316. The van der Waals surface area contributed by atoms with Crippen LogP contribution in [0, 0.1) is 11.3 Å². The molecule has 0 saturated carbocycles. The third kappa shape index (κ3) is 3.15. The van der Waals surface area contributed by atoms with Gasteiger partial charge in [-0.15, -0.1) is 0 Å². The molecule has 4 aromatic carbocycles. The average Bonchev–Trinajstić information content (AvgIpc) is 3.23. The van der Waals surface area contributed by atoms with Crippen LogP contribution in [0.4, 0.5) is 0 Å². The van der Waals surface area contributed by atoms with E-state index in [1.807, 2.05) is 48.5 Å². The number of fused-ring (bicyclic) bond motifs is 3. The number of nitrogens with zero attached hydrogens (tertiary/aromatic N) is 4. The van der Waals surface area contributed by atoms with Gasteiger partial charge < -0.3 is 4.57 Å². The number of nitriles is 1. The van der Waals surface area contributed by atoms with Crippen molar-refractivity contribution in [2.45, 2.75) is 0 Å². The summed E-state index contributed by atoms with van der Waals surface area (Å²) in [6.45, 7) is 0. The molecule has 0 bridgehead atoms. The highest BCUT2D eigenvalue weighted by atomic mass is 15.0. The second-order valence-corrected chi connectivity index (χ2v) is 7.83. The molecule has 0 aliphatic rings. The first-order valence-corrected chi connectivity index (χ1v) is 10.8. The highest BCUT2D eigenvalue weighted by molar-refractivity contribution is 6.09. The van der Waals surface area contributed by atoms with Crippen LogP contribution in [0.3, 0.4) is 0 Å². The van der Waals surface area contributed by atoms with E-state index in [4.69, 9.17) is 4.98 Å². The van der Waals surface area contributed by atoms with Crippen LogP contribution in [0.2, 0.25) is 0 Å². The van der Waals surface area contributed by atoms with Gasteiger partial charge in [-0.25, -0.2) is 9.97 Å². The Hall–Kier alpha value is -4.75. The molecule has 33 heavy (non-hydrogen) atoms. The van der Waals surface area contributed by atoms with E-state index in [9.17, 15) is 5.26 Å². The summed E-state index contributed by atoms with van der Waals surface area (Å²) in [6.07, 6.45) is 0. The largest absolute Gasteiger partial charge is 0.309 e. The van der Waals surface area contributed by atoms with E-state index < -0.39 is 0 Å². The van der Waals surface area contributed by atoms with Crippen LogP contribution in [0.15, 0.2) is 109 Å². The fourth-order valence-corrected chi connectivity index (χ4v) is 4.42. The fourth-order valence-electron chi connectivity index (χ4n) is 4.42. The van der Waals surface area contributed by atoms with Crippen LogP contribution in [0.25, 0.3) is 50.1 Å². The van der Waals surface area contributed by atoms with Gasteiger partial charge in [0.2, 0.25) is 0 Å². The molecule has 154 valence electrons. The lowest BCUT2D eigenvalue weighted by molar-refractivity contribution is 1.12. The van der Waals surface area contributed by atoms with Gasteiger partial charge in [-0.3, -0.25) is 0 Å². The first-order chi connectivity index (χ1) is 16.3. The minimum Gasteiger partial charge on any atom is -0.309 e. The Morgan fingerprint density at radius 3 is 1.94 bits per heavy atom. The van der Waals surface area contributed by atoms with Gasteiger partial charge in [0.25, 0.3) is 0 Å². The molecule has 0 amide bonds. The van der Waals surface area contributed by atoms with Crippen molar-refractivity contribution in [3.8, 4) is 34.4 Å². The van der Waals surface area contributed by atoms with Crippen molar-refractivity contribution in [2.24, 2.45) is 0 Å².